The molecule has 0 saturated heterocycles. The molecule has 1 aromatic carbocycles. The summed E-state index contributed by atoms with van der Waals surface area (Å²) in [5.41, 5.74) is 1.47. The summed E-state index contributed by atoms with van der Waals surface area (Å²) in [5, 5.41) is 3.58. The normalized spacial score (nSPS) is 14.5. The van der Waals surface area contributed by atoms with Crippen LogP contribution in [0.4, 0.5) is 0 Å². The number of nitrogens with one attached hydrogen (secondary N) is 1. The molecule has 2 unspecified atom stereocenters. The van der Waals surface area contributed by atoms with Gasteiger partial charge in [-0.05, 0) is 50.6 Å². The second kappa shape index (κ2) is 8.30. The van der Waals surface area contributed by atoms with Gasteiger partial charge >= 0.3 is 0 Å². The minimum Gasteiger partial charge on any atom is -0.314 e. The Bertz CT molecular complexity index is 281. The van der Waals surface area contributed by atoms with Gasteiger partial charge in [0.05, 0.1) is 0 Å². The average molecular weight is 233 g/mol. The van der Waals surface area contributed by atoms with Crippen LogP contribution in [0.25, 0.3) is 0 Å². The maximum Gasteiger partial charge on any atom is 0.00643 e. The molecule has 0 aliphatic heterocycles. The van der Waals surface area contributed by atoms with Crippen LogP contribution in [-0.4, -0.2) is 12.6 Å². The van der Waals surface area contributed by atoms with Gasteiger partial charge in [-0.2, -0.15) is 0 Å². The molecule has 0 aromatic heterocycles. The summed E-state index contributed by atoms with van der Waals surface area (Å²) in [5.74, 6) is 0.769. The molecule has 0 heterocycles. The van der Waals surface area contributed by atoms with Crippen LogP contribution in [-0.2, 0) is 6.42 Å². The second-order valence-corrected chi connectivity index (χ2v) is 5.10. The van der Waals surface area contributed by atoms with Gasteiger partial charge < -0.3 is 5.32 Å². The Labute approximate surface area is 107 Å². The molecule has 96 valence electrons. The van der Waals surface area contributed by atoms with Crippen LogP contribution in [0.2, 0.25) is 0 Å². The van der Waals surface area contributed by atoms with Crippen molar-refractivity contribution in [3.63, 3.8) is 0 Å². The van der Waals surface area contributed by atoms with E-state index in [2.05, 4.69) is 56.4 Å². The number of hydrogen-bond donors (Lipinski definition) is 1. The molecular formula is C16H27N. The first-order valence-electron chi connectivity index (χ1n) is 7.01. The van der Waals surface area contributed by atoms with E-state index in [0.717, 1.165) is 12.5 Å². The Morgan fingerprint density at radius 3 is 2.47 bits per heavy atom. The minimum absolute atomic E-state index is 0.644. The van der Waals surface area contributed by atoms with Crippen molar-refractivity contribution in [2.75, 3.05) is 6.54 Å². The van der Waals surface area contributed by atoms with E-state index in [4.69, 9.17) is 0 Å². The van der Waals surface area contributed by atoms with Crippen molar-refractivity contribution in [2.45, 2.75) is 52.5 Å². The Kier molecular flexibility index (Phi) is 6.95. The van der Waals surface area contributed by atoms with Crippen molar-refractivity contribution < 1.29 is 0 Å². The minimum atomic E-state index is 0.644. The molecule has 0 spiro atoms. The highest BCUT2D eigenvalue weighted by molar-refractivity contribution is 5.14. The molecule has 2 atom stereocenters. The van der Waals surface area contributed by atoms with E-state index >= 15 is 0 Å². The van der Waals surface area contributed by atoms with Crippen molar-refractivity contribution in [3.8, 4) is 0 Å². The molecule has 1 aromatic rings. The van der Waals surface area contributed by atoms with Gasteiger partial charge in [0.25, 0.3) is 0 Å². The van der Waals surface area contributed by atoms with Crippen LogP contribution in [0.1, 0.15) is 45.6 Å². The third kappa shape index (κ3) is 5.88. The van der Waals surface area contributed by atoms with Crippen LogP contribution in [0.3, 0.4) is 0 Å². The zero-order valence-electron chi connectivity index (χ0n) is 11.6. The topological polar surface area (TPSA) is 12.0 Å². The molecule has 0 amide bonds. The lowest BCUT2D eigenvalue weighted by atomic mass is 9.95. The summed E-state index contributed by atoms with van der Waals surface area (Å²) in [4.78, 5) is 0. The summed E-state index contributed by atoms with van der Waals surface area (Å²) in [6.45, 7) is 8.03. The maximum atomic E-state index is 3.58. The first-order valence-corrected chi connectivity index (χ1v) is 7.01. The molecule has 0 fully saturated rings. The van der Waals surface area contributed by atoms with Gasteiger partial charge in [-0.25, -0.2) is 0 Å². The zero-order valence-corrected chi connectivity index (χ0v) is 11.6. The van der Waals surface area contributed by atoms with E-state index in [1.54, 1.807) is 0 Å². The van der Waals surface area contributed by atoms with Gasteiger partial charge in [0.2, 0.25) is 0 Å². The van der Waals surface area contributed by atoms with Gasteiger partial charge in [0.15, 0.2) is 0 Å². The molecule has 0 radical (unpaired) electrons. The lowest BCUT2D eigenvalue weighted by Gasteiger charge is -2.21. The lowest BCUT2D eigenvalue weighted by Crippen LogP contribution is -2.32. The fourth-order valence-corrected chi connectivity index (χ4v) is 2.10. The molecule has 0 bridgehead atoms. The summed E-state index contributed by atoms with van der Waals surface area (Å²) in [7, 11) is 0. The van der Waals surface area contributed by atoms with Gasteiger partial charge in [-0.1, -0.05) is 44.2 Å². The summed E-state index contributed by atoms with van der Waals surface area (Å²) < 4.78 is 0. The standard InChI is InChI=1S/C16H27N/c1-4-13-17-15(3)14(2)9-8-12-16-10-6-5-7-11-16/h5-7,10-11,14-15,17H,4,8-9,12-13H2,1-3H3. The van der Waals surface area contributed by atoms with Gasteiger partial charge in [-0.15, -0.1) is 0 Å². The Morgan fingerprint density at radius 2 is 1.82 bits per heavy atom. The fourth-order valence-electron chi connectivity index (χ4n) is 2.10. The largest absolute Gasteiger partial charge is 0.314 e. The zero-order chi connectivity index (χ0) is 12.5. The first-order chi connectivity index (χ1) is 8.24. The van der Waals surface area contributed by atoms with Crippen molar-refractivity contribution in [1.82, 2.24) is 5.32 Å². The van der Waals surface area contributed by atoms with E-state index in [1.807, 2.05) is 0 Å². The highest BCUT2D eigenvalue weighted by Crippen LogP contribution is 2.13. The van der Waals surface area contributed by atoms with Crippen LogP contribution >= 0.6 is 0 Å². The summed E-state index contributed by atoms with van der Waals surface area (Å²) >= 11 is 0. The number of benzene rings is 1. The molecule has 0 aliphatic carbocycles. The highest BCUT2D eigenvalue weighted by Gasteiger charge is 2.10. The van der Waals surface area contributed by atoms with Crippen LogP contribution in [0.15, 0.2) is 30.3 Å². The Balaban J connectivity index is 2.17. The molecule has 1 N–H and O–H groups in total. The smallest absolute Gasteiger partial charge is 0.00643 e. The fraction of sp³-hybridized carbons (Fsp3) is 0.625. The number of rotatable bonds is 8. The maximum absolute atomic E-state index is 3.58. The van der Waals surface area contributed by atoms with Crippen molar-refractivity contribution in [3.05, 3.63) is 35.9 Å². The molecule has 17 heavy (non-hydrogen) atoms. The molecule has 1 nitrogen and oxygen atoms in total. The average Bonchev–Trinajstić information content (AvgIpc) is 2.37. The van der Waals surface area contributed by atoms with Crippen LogP contribution in [0.5, 0.6) is 0 Å². The monoisotopic (exact) mass is 233 g/mol. The Hall–Kier alpha value is -0.820. The predicted molar refractivity (Wildman–Crippen MR) is 76.3 cm³/mol. The molecule has 0 saturated carbocycles. The molecule has 1 rings (SSSR count). The highest BCUT2D eigenvalue weighted by atomic mass is 14.9. The van der Waals surface area contributed by atoms with E-state index < -0.39 is 0 Å². The van der Waals surface area contributed by atoms with Crippen molar-refractivity contribution in [2.24, 2.45) is 5.92 Å². The summed E-state index contributed by atoms with van der Waals surface area (Å²) in [6, 6.07) is 11.4. The van der Waals surface area contributed by atoms with E-state index in [9.17, 15) is 0 Å². The van der Waals surface area contributed by atoms with Gasteiger partial charge in [0, 0.05) is 6.04 Å². The van der Waals surface area contributed by atoms with Crippen molar-refractivity contribution >= 4 is 0 Å². The van der Waals surface area contributed by atoms with Gasteiger partial charge in [-0.3, -0.25) is 0 Å². The van der Waals surface area contributed by atoms with E-state index in [-0.39, 0.29) is 0 Å². The quantitative estimate of drug-likeness (QED) is 0.714. The van der Waals surface area contributed by atoms with E-state index in [1.165, 1.54) is 31.2 Å². The molecule has 1 heteroatoms. The SMILES string of the molecule is CCCNC(C)C(C)CCCc1ccccc1. The first kappa shape index (κ1) is 14.2. The number of hydrogen-bond acceptors (Lipinski definition) is 1. The van der Waals surface area contributed by atoms with Crippen molar-refractivity contribution in [1.29, 1.82) is 0 Å². The Morgan fingerprint density at radius 1 is 1.12 bits per heavy atom. The third-order valence-corrected chi connectivity index (χ3v) is 3.54. The third-order valence-electron chi connectivity index (χ3n) is 3.54. The predicted octanol–water partition coefficient (Wildman–Crippen LogP) is 4.03. The molecule has 0 aliphatic rings. The van der Waals surface area contributed by atoms with Gasteiger partial charge in [0.1, 0.15) is 0 Å². The van der Waals surface area contributed by atoms with Crippen LogP contribution in [0, 0.1) is 5.92 Å². The second-order valence-electron chi connectivity index (χ2n) is 5.10. The summed E-state index contributed by atoms with van der Waals surface area (Å²) in [6.07, 6.45) is 5.04. The number of aryl methyl sites for hydroxylation is 1. The molecular weight excluding hydrogens is 206 g/mol. The van der Waals surface area contributed by atoms with Crippen LogP contribution < -0.4 is 5.32 Å². The van der Waals surface area contributed by atoms with E-state index in [0.29, 0.717) is 6.04 Å². The lowest BCUT2D eigenvalue weighted by molar-refractivity contribution is 0.372.